The zero-order valence-electron chi connectivity index (χ0n) is 13.4. The van der Waals surface area contributed by atoms with Crippen LogP contribution in [0, 0.1) is 10.1 Å². The van der Waals surface area contributed by atoms with Crippen LogP contribution in [0.5, 0.6) is 0 Å². The average Bonchev–Trinajstić information content (AvgIpc) is 2.67. The molecule has 0 saturated heterocycles. The molecule has 0 spiro atoms. The summed E-state index contributed by atoms with van der Waals surface area (Å²) in [5, 5.41) is 10.8. The van der Waals surface area contributed by atoms with E-state index in [4.69, 9.17) is 0 Å². The highest BCUT2D eigenvalue weighted by Crippen LogP contribution is 2.21. The number of rotatable bonds is 5. The summed E-state index contributed by atoms with van der Waals surface area (Å²) in [6.07, 6.45) is 0. The van der Waals surface area contributed by atoms with Crippen molar-refractivity contribution < 1.29 is 9.72 Å². The quantitative estimate of drug-likeness (QED) is 0.512. The molecule has 0 atom stereocenters. The molecule has 0 aliphatic heterocycles. The third-order valence-corrected chi connectivity index (χ3v) is 3.82. The van der Waals surface area contributed by atoms with Crippen LogP contribution >= 0.6 is 0 Å². The van der Waals surface area contributed by atoms with Crippen LogP contribution in [0.25, 0.3) is 0 Å². The number of amides is 1. The number of hydrogen-bond donors (Lipinski definition) is 0. The Labute approximate surface area is 145 Å². The lowest BCUT2D eigenvalue weighted by Crippen LogP contribution is -2.30. The molecular formula is C20H16N2O3. The molecule has 25 heavy (non-hydrogen) atoms. The minimum atomic E-state index is -0.479. The van der Waals surface area contributed by atoms with E-state index < -0.39 is 4.92 Å². The summed E-state index contributed by atoms with van der Waals surface area (Å²) in [5.41, 5.74) is 2.15. The zero-order chi connectivity index (χ0) is 17.6. The van der Waals surface area contributed by atoms with Gasteiger partial charge in [0.2, 0.25) is 0 Å². The maximum absolute atomic E-state index is 13.0. The standard InChI is InChI=1S/C20H16N2O3/c23-20(17-11-13-19(14-12-17)22(24)25)21(18-9-5-2-6-10-18)15-16-7-3-1-4-8-16/h1-14H,15H2. The van der Waals surface area contributed by atoms with Crippen LogP contribution < -0.4 is 4.90 Å². The van der Waals surface area contributed by atoms with Gasteiger partial charge in [-0.25, -0.2) is 0 Å². The van der Waals surface area contributed by atoms with Crippen LogP contribution in [-0.2, 0) is 6.54 Å². The summed E-state index contributed by atoms with van der Waals surface area (Å²) >= 11 is 0. The van der Waals surface area contributed by atoms with Gasteiger partial charge in [0.05, 0.1) is 11.5 Å². The molecule has 0 unspecified atom stereocenters. The molecule has 0 aromatic heterocycles. The van der Waals surface area contributed by atoms with E-state index in [9.17, 15) is 14.9 Å². The van der Waals surface area contributed by atoms with Crippen molar-refractivity contribution in [2.24, 2.45) is 0 Å². The van der Waals surface area contributed by atoms with Crippen molar-refractivity contribution in [3.05, 3.63) is 106 Å². The van der Waals surface area contributed by atoms with E-state index in [1.165, 1.54) is 24.3 Å². The van der Waals surface area contributed by atoms with E-state index in [1.807, 2.05) is 60.7 Å². The summed E-state index contributed by atoms with van der Waals surface area (Å²) in [6, 6.07) is 24.7. The first kappa shape index (κ1) is 16.4. The number of hydrogen-bond acceptors (Lipinski definition) is 3. The van der Waals surface area contributed by atoms with Gasteiger partial charge in [-0.2, -0.15) is 0 Å². The molecule has 0 bridgehead atoms. The fourth-order valence-corrected chi connectivity index (χ4v) is 2.54. The second-order valence-corrected chi connectivity index (χ2v) is 5.52. The third kappa shape index (κ3) is 3.90. The predicted molar refractivity (Wildman–Crippen MR) is 96.5 cm³/mol. The maximum Gasteiger partial charge on any atom is 0.269 e. The number of benzene rings is 3. The summed E-state index contributed by atoms with van der Waals surface area (Å²) in [5.74, 6) is -0.204. The lowest BCUT2D eigenvalue weighted by atomic mass is 10.1. The Hall–Kier alpha value is -3.47. The van der Waals surface area contributed by atoms with Crippen molar-refractivity contribution in [3.63, 3.8) is 0 Å². The third-order valence-electron chi connectivity index (χ3n) is 3.82. The number of nitro groups is 1. The van der Waals surface area contributed by atoms with Gasteiger partial charge in [-0.15, -0.1) is 0 Å². The first-order valence-corrected chi connectivity index (χ1v) is 7.80. The van der Waals surface area contributed by atoms with Gasteiger partial charge in [-0.05, 0) is 29.8 Å². The molecule has 124 valence electrons. The molecule has 3 aromatic rings. The van der Waals surface area contributed by atoms with Gasteiger partial charge in [0.25, 0.3) is 11.6 Å². The minimum absolute atomic E-state index is 0.0362. The molecule has 0 radical (unpaired) electrons. The van der Waals surface area contributed by atoms with E-state index in [0.717, 1.165) is 11.3 Å². The summed E-state index contributed by atoms with van der Waals surface area (Å²) in [6.45, 7) is 0.417. The molecule has 0 aliphatic rings. The Kier molecular flexibility index (Phi) is 4.85. The van der Waals surface area contributed by atoms with Gasteiger partial charge in [-0.1, -0.05) is 48.5 Å². The lowest BCUT2D eigenvalue weighted by molar-refractivity contribution is -0.384. The van der Waals surface area contributed by atoms with Crippen LogP contribution in [0.1, 0.15) is 15.9 Å². The molecular weight excluding hydrogens is 316 g/mol. The van der Waals surface area contributed by atoms with Gasteiger partial charge in [0, 0.05) is 23.4 Å². The van der Waals surface area contributed by atoms with Crippen molar-refractivity contribution in [3.8, 4) is 0 Å². The molecule has 1 amide bonds. The van der Waals surface area contributed by atoms with Gasteiger partial charge in [-0.3, -0.25) is 14.9 Å². The van der Waals surface area contributed by atoms with Crippen molar-refractivity contribution in [1.29, 1.82) is 0 Å². The molecule has 0 saturated carbocycles. The Morgan fingerprint density at radius 3 is 1.96 bits per heavy atom. The van der Waals surface area contributed by atoms with Crippen molar-refractivity contribution in [2.75, 3.05) is 4.90 Å². The maximum atomic E-state index is 13.0. The molecule has 0 heterocycles. The minimum Gasteiger partial charge on any atom is -0.304 e. The van der Waals surface area contributed by atoms with E-state index >= 15 is 0 Å². The second kappa shape index (κ2) is 7.40. The number of nitrogens with zero attached hydrogens (tertiary/aromatic N) is 2. The molecule has 5 nitrogen and oxygen atoms in total. The van der Waals surface area contributed by atoms with Crippen LogP contribution in [0.3, 0.4) is 0 Å². The first-order valence-electron chi connectivity index (χ1n) is 7.80. The average molecular weight is 332 g/mol. The number of anilines is 1. The molecule has 0 aliphatic carbocycles. The predicted octanol–water partition coefficient (Wildman–Crippen LogP) is 4.44. The number of carbonyl (C=O) groups is 1. The van der Waals surface area contributed by atoms with Gasteiger partial charge in [0.15, 0.2) is 0 Å². The molecule has 0 N–H and O–H groups in total. The Morgan fingerprint density at radius 1 is 0.840 bits per heavy atom. The van der Waals surface area contributed by atoms with Crippen molar-refractivity contribution in [2.45, 2.75) is 6.54 Å². The van der Waals surface area contributed by atoms with E-state index in [1.54, 1.807) is 4.90 Å². The zero-order valence-corrected chi connectivity index (χ0v) is 13.4. The smallest absolute Gasteiger partial charge is 0.269 e. The summed E-state index contributed by atoms with van der Waals surface area (Å²) in [7, 11) is 0. The van der Waals surface area contributed by atoms with Gasteiger partial charge < -0.3 is 4.90 Å². The van der Waals surface area contributed by atoms with Gasteiger partial charge >= 0.3 is 0 Å². The van der Waals surface area contributed by atoms with Crippen molar-refractivity contribution in [1.82, 2.24) is 0 Å². The lowest BCUT2D eigenvalue weighted by Gasteiger charge is -2.23. The number of non-ortho nitro benzene ring substituents is 1. The summed E-state index contributed by atoms with van der Waals surface area (Å²) < 4.78 is 0. The normalized spacial score (nSPS) is 10.2. The fraction of sp³-hybridized carbons (Fsp3) is 0.0500. The Balaban J connectivity index is 1.93. The van der Waals surface area contributed by atoms with Crippen LogP contribution in [-0.4, -0.2) is 10.8 Å². The number of nitro benzene ring substituents is 1. The molecule has 3 rings (SSSR count). The first-order chi connectivity index (χ1) is 12.1. The Morgan fingerprint density at radius 2 is 1.40 bits per heavy atom. The van der Waals surface area contributed by atoms with E-state index in [-0.39, 0.29) is 11.6 Å². The largest absolute Gasteiger partial charge is 0.304 e. The van der Waals surface area contributed by atoms with E-state index in [2.05, 4.69) is 0 Å². The SMILES string of the molecule is O=C(c1ccc([N+](=O)[O-])cc1)N(Cc1ccccc1)c1ccccc1. The van der Waals surface area contributed by atoms with Crippen molar-refractivity contribution >= 4 is 17.3 Å². The highest BCUT2D eigenvalue weighted by molar-refractivity contribution is 6.06. The molecule has 0 fully saturated rings. The monoisotopic (exact) mass is 332 g/mol. The summed E-state index contributed by atoms with van der Waals surface area (Å²) in [4.78, 5) is 25.0. The van der Waals surface area contributed by atoms with Crippen LogP contribution in [0.2, 0.25) is 0 Å². The molecule has 3 aromatic carbocycles. The van der Waals surface area contributed by atoms with E-state index in [0.29, 0.717) is 12.1 Å². The highest BCUT2D eigenvalue weighted by Gasteiger charge is 2.19. The Bertz CT molecular complexity index is 862. The number of para-hydroxylation sites is 1. The topological polar surface area (TPSA) is 63.4 Å². The van der Waals surface area contributed by atoms with Crippen LogP contribution in [0.15, 0.2) is 84.9 Å². The number of carbonyl (C=O) groups excluding carboxylic acids is 1. The highest BCUT2D eigenvalue weighted by atomic mass is 16.6. The van der Waals surface area contributed by atoms with Gasteiger partial charge in [0.1, 0.15) is 0 Å². The second-order valence-electron chi connectivity index (χ2n) is 5.52. The molecule has 5 heteroatoms. The van der Waals surface area contributed by atoms with Crippen LogP contribution in [0.4, 0.5) is 11.4 Å². The fourth-order valence-electron chi connectivity index (χ4n) is 2.54.